The molecule has 0 bridgehead atoms. The zero-order chi connectivity index (χ0) is 17.3. The second kappa shape index (κ2) is 6.39. The van der Waals surface area contributed by atoms with Crippen LogP contribution in [0.3, 0.4) is 0 Å². The molecule has 23 heavy (non-hydrogen) atoms. The smallest absolute Gasteiger partial charge is 0.410 e. The standard InChI is InChI=1S/C16H23NO5S/c1-16(2,3)21-15(18)17-9-7-12-5-6-14(22-23(4,19)20)11-13(12)8-10-17/h5-6,11H,7-10H2,1-4H3. The molecule has 128 valence electrons. The fourth-order valence-electron chi connectivity index (χ4n) is 2.44. The van der Waals surface area contributed by atoms with Crippen molar-refractivity contribution in [3.05, 3.63) is 29.3 Å². The summed E-state index contributed by atoms with van der Waals surface area (Å²) in [5.41, 5.74) is 1.57. The van der Waals surface area contributed by atoms with Gasteiger partial charge in [-0.1, -0.05) is 6.07 Å². The summed E-state index contributed by atoms with van der Waals surface area (Å²) in [5.74, 6) is 0.303. The maximum absolute atomic E-state index is 12.2. The predicted molar refractivity (Wildman–Crippen MR) is 87.1 cm³/mol. The largest absolute Gasteiger partial charge is 0.444 e. The van der Waals surface area contributed by atoms with Crippen molar-refractivity contribution in [1.82, 2.24) is 4.90 Å². The van der Waals surface area contributed by atoms with Crippen LogP contribution >= 0.6 is 0 Å². The van der Waals surface area contributed by atoms with Gasteiger partial charge in [0, 0.05) is 13.1 Å². The number of carbonyl (C=O) groups is 1. The molecule has 0 unspecified atom stereocenters. The summed E-state index contributed by atoms with van der Waals surface area (Å²) in [7, 11) is -3.54. The number of amides is 1. The van der Waals surface area contributed by atoms with Crippen molar-refractivity contribution in [2.45, 2.75) is 39.2 Å². The van der Waals surface area contributed by atoms with Gasteiger partial charge in [-0.15, -0.1) is 0 Å². The van der Waals surface area contributed by atoms with Gasteiger partial charge in [-0.3, -0.25) is 0 Å². The van der Waals surface area contributed by atoms with Crippen molar-refractivity contribution >= 4 is 16.2 Å². The molecule has 1 heterocycles. The summed E-state index contributed by atoms with van der Waals surface area (Å²) >= 11 is 0. The normalized spacial score (nSPS) is 15.6. The molecule has 0 radical (unpaired) electrons. The minimum Gasteiger partial charge on any atom is -0.444 e. The number of ether oxygens (including phenoxy) is 1. The minimum absolute atomic E-state index is 0.303. The van der Waals surface area contributed by atoms with Gasteiger partial charge in [0.05, 0.1) is 6.26 Å². The van der Waals surface area contributed by atoms with Gasteiger partial charge in [-0.05, 0) is 56.9 Å². The Morgan fingerprint density at radius 2 is 1.74 bits per heavy atom. The molecule has 1 aromatic carbocycles. The fourth-order valence-corrected chi connectivity index (χ4v) is 2.89. The molecule has 7 heteroatoms. The van der Waals surface area contributed by atoms with Crippen molar-refractivity contribution in [3.8, 4) is 5.75 Å². The van der Waals surface area contributed by atoms with Gasteiger partial charge in [0.1, 0.15) is 11.4 Å². The van der Waals surface area contributed by atoms with E-state index in [2.05, 4.69) is 0 Å². The number of carbonyl (C=O) groups excluding carboxylic acids is 1. The average Bonchev–Trinajstić information content (AvgIpc) is 2.56. The van der Waals surface area contributed by atoms with Crippen LogP contribution < -0.4 is 4.18 Å². The number of benzene rings is 1. The highest BCUT2D eigenvalue weighted by Gasteiger charge is 2.24. The molecule has 0 saturated carbocycles. The van der Waals surface area contributed by atoms with Crippen LogP contribution in [-0.2, 0) is 27.7 Å². The maximum Gasteiger partial charge on any atom is 0.410 e. The number of nitrogens with zero attached hydrogens (tertiary/aromatic N) is 1. The monoisotopic (exact) mass is 341 g/mol. The van der Waals surface area contributed by atoms with Crippen LogP contribution in [0.5, 0.6) is 5.75 Å². The topological polar surface area (TPSA) is 72.9 Å². The summed E-state index contributed by atoms with van der Waals surface area (Å²) in [6.07, 6.45) is 2.03. The maximum atomic E-state index is 12.2. The third-order valence-corrected chi connectivity index (χ3v) is 3.87. The van der Waals surface area contributed by atoms with Gasteiger partial charge in [0.15, 0.2) is 0 Å². The van der Waals surface area contributed by atoms with E-state index in [-0.39, 0.29) is 6.09 Å². The van der Waals surface area contributed by atoms with Crippen LogP contribution in [0.1, 0.15) is 31.9 Å². The lowest BCUT2D eigenvalue weighted by Crippen LogP contribution is -2.38. The van der Waals surface area contributed by atoms with Crippen molar-refractivity contribution in [1.29, 1.82) is 0 Å². The molecule has 0 saturated heterocycles. The third kappa shape index (κ3) is 5.42. The SMILES string of the molecule is CC(C)(C)OC(=O)N1CCc2ccc(OS(C)(=O)=O)cc2CC1. The second-order valence-electron chi connectivity index (χ2n) is 6.69. The second-order valence-corrected chi connectivity index (χ2v) is 8.26. The first-order valence-electron chi connectivity index (χ1n) is 7.53. The zero-order valence-corrected chi connectivity index (χ0v) is 14.8. The Kier molecular flexibility index (Phi) is 4.89. The van der Waals surface area contributed by atoms with Crippen LogP contribution in [0, 0.1) is 0 Å². The molecule has 0 fully saturated rings. The molecule has 0 aliphatic carbocycles. The molecule has 0 aromatic heterocycles. The highest BCUT2D eigenvalue weighted by atomic mass is 32.2. The van der Waals surface area contributed by atoms with Crippen LogP contribution in [0.4, 0.5) is 4.79 Å². The van der Waals surface area contributed by atoms with Crippen molar-refractivity contribution < 1.29 is 22.1 Å². The van der Waals surface area contributed by atoms with Gasteiger partial charge in [0.2, 0.25) is 0 Å². The summed E-state index contributed by atoms with van der Waals surface area (Å²) in [6.45, 7) is 6.63. The van der Waals surface area contributed by atoms with Gasteiger partial charge in [-0.2, -0.15) is 8.42 Å². The average molecular weight is 341 g/mol. The summed E-state index contributed by atoms with van der Waals surface area (Å²) < 4.78 is 32.8. The predicted octanol–water partition coefficient (Wildman–Crippen LogP) is 2.36. The highest BCUT2D eigenvalue weighted by Crippen LogP contribution is 2.23. The van der Waals surface area contributed by atoms with Gasteiger partial charge in [-0.25, -0.2) is 4.79 Å². The molecule has 1 amide bonds. The van der Waals surface area contributed by atoms with Crippen molar-refractivity contribution in [2.24, 2.45) is 0 Å². The Labute approximate surface area is 137 Å². The number of hydrogen-bond acceptors (Lipinski definition) is 5. The minimum atomic E-state index is -3.54. The van der Waals surface area contributed by atoms with Gasteiger partial charge < -0.3 is 13.8 Å². The Morgan fingerprint density at radius 3 is 2.30 bits per heavy atom. The lowest BCUT2D eigenvalue weighted by atomic mass is 10.0. The summed E-state index contributed by atoms with van der Waals surface area (Å²) in [5, 5.41) is 0. The van der Waals surface area contributed by atoms with E-state index < -0.39 is 15.7 Å². The van der Waals surface area contributed by atoms with Crippen LogP contribution in [0.2, 0.25) is 0 Å². The number of rotatable bonds is 2. The molecule has 1 aromatic rings. The third-order valence-electron chi connectivity index (χ3n) is 3.38. The molecule has 0 N–H and O–H groups in total. The van der Waals surface area contributed by atoms with Crippen LogP contribution in [-0.4, -0.2) is 44.4 Å². The van der Waals surface area contributed by atoms with Gasteiger partial charge >= 0.3 is 16.2 Å². The lowest BCUT2D eigenvalue weighted by molar-refractivity contribution is 0.0258. The Bertz CT molecular complexity index is 691. The fraction of sp³-hybridized carbons (Fsp3) is 0.562. The molecule has 1 aliphatic heterocycles. The highest BCUT2D eigenvalue weighted by molar-refractivity contribution is 7.86. The Morgan fingerprint density at radius 1 is 1.13 bits per heavy atom. The van der Waals surface area contributed by atoms with E-state index in [1.165, 1.54) is 0 Å². The summed E-state index contributed by atoms with van der Waals surface area (Å²) in [4.78, 5) is 13.9. The first kappa shape index (κ1) is 17.6. The van der Waals surface area contributed by atoms with E-state index in [1.54, 1.807) is 17.0 Å². The number of fused-ring (bicyclic) bond motifs is 1. The molecule has 0 atom stereocenters. The molecule has 2 rings (SSSR count). The lowest BCUT2D eigenvalue weighted by Gasteiger charge is -2.26. The zero-order valence-electron chi connectivity index (χ0n) is 14.0. The van der Waals surface area contributed by atoms with Crippen molar-refractivity contribution in [2.75, 3.05) is 19.3 Å². The quantitative estimate of drug-likeness (QED) is 0.772. The molecule has 0 spiro atoms. The van der Waals surface area contributed by atoms with Crippen LogP contribution in [0.25, 0.3) is 0 Å². The molecular weight excluding hydrogens is 318 g/mol. The van der Waals surface area contributed by atoms with E-state index in [0.29, 0.717) is 31.7 Å². The first-order valence-corrected chi connectivity index (χ1v) is 9.34. The first-order chi connectivity index (χ1) is 10.5. The van der Waals surface area contributed by atoms with E-state index in [1.807, 2.05) is 26.8 Å². The molecular formula is C16H23NO5S. The van der Waals surface area contributed by atoms with Crippen molar-refractivity contribution in [3.63, 3.8) is 0 Å². The van der Waals surface area contributed by atoms with E-state index >= 15 is 0 Å². The Balaban J connectivity index is 2.10. The Hall–Kier alpha value is -1.76. The van der Waals surface area contributed by atoms with E-state index in [0.717, 1.165) is 17.4 Å². The van der Waals surface area contributed by atoms with Crippen LogP contribution in [0.15, 0.2) is 18.2 Å². The summed E-state index contributed by atoms with van der Waals surface area (Å²) in [6, 6.07) is 5.23. The van der Waals surface area contributed by atoms with E-state index in [9.17, 15) is 13.2 Å². The number of hydrogen-bond donors (Lipinski definition) is 0. The van der Waals surface area contributed by atoms with Gasteiger partial charge in [0.25, 0.3) is 0 Å². The molecule has 6 nitrogen and oxygen atoms in total. The van der Waals surface area contributed by atoms with E-state index in [4.69, 9.17) is 8.92 Å². The molecule has 1 aliphatic rings.